The van der Waals surface area contributed by atoms with Crippen molar-refractivity contribution in [2.75, 3.05) is 0 Å². The monoisotopic (exact) mass is 299 g/mol. The van der Waals surface area contributed by atoms with Crippen molar-refractivity contribution in [3.63, 3.8) is 0 Å². The predicted molar refractivity (Wildman–Crippen MR) is 84.0 cm³/mol. The van der Waals surface area contributed by atoms with Crippen LogP contribution in [0.5, 0.6) is 0 Å². The number of hydrogen-bond acceptors (Lipinski definition) is 1. The van der Waals surface area contributed by atoms with Gasteiger partial charge in [-0.1, -0.05) is 67.8 Å². The molecule has 3 heteroatoms. The minimum Gasteiger partial charge on any atom is -0.327 e. The Labute approximate surface area is 126 Å². The van der Waals surface area contributed by atoms with Crippen LogP contribution in [0.1, 0.15) is 50.5 Å². The van der Waals surface area contributed by atoms with Gasteiger partial charge >= 0.3 is 0 Å². The van der Waals surface area contributed by atoms with Crippen LogP contribution in [0.25, 0.3) is 0 Å². The first kappa shape index (κ1) is 15.2. The topological polar surface area (TPSA) is 26.0 Å². The van der Waals surface area contributed by atoms with Gasteiger partial charge in [0.25, 0.3) is 0 Å². The van der Waals surface area contributed by atoms with Gasteiger partial charge in [-0.05, 0) is 36.5 Å². The molecule has 0 amide bonds. The summed E-state index contributed by atoms with van der Waals surface area (Å²) in [4.78, 5) is 0. The SMILES string of the molecule is NC(Cc1ccc(Cl)cc1Cl)CC1CCCCCC1. The minimum absolute atomic E-state index is 0.210. The molecule has 0 bridgehead atoms. The zero-order chi connectivity index (χ0) is 13.7. The number of benzene rings is 1. The quantitative estimate of drug-likeness (QED) is 0.758. The van der Waals surface area contributed by atoms with E-state index in [1.54, 1.807) is 6.07 Å². The molecule has 19 heavy (non-hydrogen) atoms. The minimum atomic E-state index is 0.210. The highest BCUT2D eigenvalue weighted by Gasteiger charge is 2.16. The zero-order valence-electron chi connectivity index (χ0n) is 11.4. The summed E-state index contributed by atoms with van der Waals surface area (Å²) in [6.45, 7) is 0. The van der Waals surface area contributed by atoms with E-state index in [1.165, 1.54) is 38.5 Å². The average Bonchev–Trinajstić information content (AvgIpc) is 2.61. The Kier molecular flexibility index (Phi) is 6.00. The Balaban J connectivity index is 1.87. The summed E-state index contributed by atoms with van der Waals surface area (Å²) in [5, 5.41) is 1.43. The van der Waals surface area contributed by atoms with Crippen molar-refractivity contribution < 1.29 is 0 Å². The molecule has 0 radical (unpaired) electrons. The van der Waals surface area contributed by atoms with Gasteiger partial charge in [0.2, 0.25) is 0 Å². The molecule has 1 nitrogen and oxygen atoms in total. The molecule has 1 fully saturated rings. The van der Waals surface area contributed by atoms with E-state index in [0.29, 0.717) is 5.02 Å². The van der Waals surface area contributed by atoms with E-state index in [4.69, 9.17) is 28.9 Å². The third-order valence-corrected chi connectivity index (χ3v) is 4.69. The van der Waals surface area contributed by atoms with E-state index in [1.807, 2.05) is 12.1 Å². The molecule has 106 valence electrons. The van der Waals surface area contributed by atoms with Gasteiger partial charge in [-0.3, -0.25) is 0 Å². The van der Waals surface area contributed by atoms with Gasteiger partial charge in [0.05, 0.1) is 0 Å². The van der Waals surface area contributed by atoms with Crippen molar-refractivity contribution in [1.82, 2.24) is 0 Å². The smallest absolute Gasteiger partial charge is 0.0453 e. The Morgan fingerprint density at radius 2 is 1.79 bits per heavy atom. The summed E-state index contributed by atoms with van der Waals surface area (Å²) >= 11 is 12.1. The van der Waals surface area contributed by atoms with Crippen molar-refractivity contribution in [3.05, 3.63) is 33.8 Å². The molecule has 1 saturated carbocycles. The van der Waals surface area contributed by atoms with Crippen molar-refractivity contribution in [3.8, 4) is 0 Å². The van der Waals surface area contributed by atoms with E-state index in [2.05, 4.69) is 0 Å². The predicted octanol–water partition coefficient (Wildman–Crippen LogP) is 5.22. The number of rotatable bonds is 4. The summed E-state index contributed by atoms with van der Waals surface area (Å²) in [5.41, 5.74) is 7.42. The van der Waals surface area contributed by atoms with E-state index >= 15 is 0 Å². The van der Waals surface area contributed by atoms with Crippen molar-refractivity contribution in [1.29, 1.82) is 0 Å². The fourth-order valence-electron chi connectivity index (χ4n) is 3.08. The molecular weight excluding hydrogens is 277 g/mol. The highest BCUT2D eigenvalue weighted by atomic mass is 35.5. The maximum atomic E-state index is 6.30. The molecule has 0 spiro atoms. The van der Waals surface area contributed by atoms with Gasteiger partial charge in [-0.25, -0.2) is 0 Å². The van der Waals surface area contributed by atoms with Gasteiger partial charge in [0, 0.05) is 16.1 Å². The summed E-state index contributed by atoms with van der Waals surface area (Å²) < 4.78 is 0. The lowest BCUT2D eigenvalue weighted by Crippen LogP contribution is -2.26. The highest BCUT2D eigenvalue weighted by Crippen LogP contribution is 2.28. The molecule has 0 aliphatic heterocycles. The van der Waals surface area contributed by atoms with Gasteiger partial charge in [0.15, 0.2) is 0 Å². The zero-order valence-corrected chi connectivity index (χ0v) is 12.9. The first-order valence-electron chi connectivity index (χ1n) is 7.34. The van der Waals surface area contributed by atoms with E-state index in [0.717, 1.165) is 29.3 Å². The summed E-state index contributed by atoms with van der Waals surface area (Å²) in [7, 11) is 0. The lowest BCUT2D eigenvalue weighted by Gasteiger charge is -2.19. The third-order valence-electron chi connectivity index (χ3n) is 4.11. The number of nitrogens with two attached hydrogens (primary N) is 1. The largest absolute Gasteiger partial charge is 0.327 e. The van der Waals surface area contributed by atoms with Crippen molar-refractivity contribution in [2.24, 2.45) is 11.7 Å². The Bertz CT molecular complexity index is 398. The third kappa shape index (κ3) is 4.98. The van der Waals surface area contributed by atoms with Gasteiger partial charge in [0.1, 0.15) is 0 Å². The van der Waals surface area contributed by atoms with Crippen LogP contribution in [0.3, 0.4) is 0 Å². The maximum Gasteiger partial charge on any atom is 0.0453 e. The molecule has 2 rings (SSSR count). The van der Waals surface area contributed by atoms with Crippen LogP contribution in [0, 0.1) is 5.92 Å². The standard InChI is InChI=1S/C16H23Cl2N/c17-14-8-7-13(16(18)11-14)10-15(19)9-12-5-3-1-2-4-6-12/h7-8,11-12,15H,1-6,9-10,19H2. The average molecular weight is 300 g/mol. The van der Waals surface area contributed by atoms with Crippen LogP contribution < -0.4 is 5.73 Å². The second kappa shape index (κ2) is 7.52. The molecule has 0 saturated heterocycles. The molecule has 2 N–H and O–H groups in total. The molecule has 1 aliphatic rings. The molecule has 0 heterocycles. The van der Waals surface area contributed by atoms with Crippen LogP contribution in [0.15, 0.2) is 18.2 Å². The first-order chi connectivity index (χ1) is 9.15. The number of hydrogen-bond donors (Lipinski definition) is 1. The second-order valence-electron chi connectivity index (χ2n) is 5.79. The van der Waals surface area contributed by atoms with Crippen LogP contribution in [0.4, 0.5) is 0 Å². The van der Waals surface area contributed by atoms with Crippen LogP contribution in [-0.2, 0) is 6.42 Å². The van der Waals surface area contributed by atoms with E-state index < -0.39 is 0 Å². The molecule has 1 aliphatic carbocycles. The fraction of sp³-hybridized carbons (Fsp3) is 0.625. The first-order valence-corrected chi connectivity index (χ1v) is 8.10. The normalized spacial score (nSPS) is 19.1. The summed E-state index contributed by atoms with van der Waals surface area (Å²) in [6, 6.07) is 5.90. The molecule has 1 aromatic rings. The molecule has 0 aromatic heterocycles. The van der Waals surface area contributed by atoms with Gasteiger partial charge in [-0.15, -0.1) is 0 Å². The van der Waals surface area contributed by atoms with Crippen molar-refractivity contribution in [2.45, 2.75) is 57.4 Å². The van der Waals surface area contributed by atoms with E-state index in [-0.39, 0.29) is 6.04 Å². The lowest BCUT2D eigenvalue weighted by atomic mass is 9.90. The van der Waals surface area contributed by atoms with Crippen molar-refractivity contribution >= 4 is 23.2 Å². The number of halogens is 2. The molecule has 1 unspecified atom stereocenters. The molecule has 1 aromatic carbocycles. The maximum absolute atomic E-state index is 6.30. The van der Waals surface area contributed by atoms with Gasteiger partial charge in [-0.2, -0.15) is 0 Å². The molecular formula is C16H23Cl2N. The van der Waals surface area contributed by atoms with Crippen LogP contribution >= 0.6 is 23.2 Å². The second-order valence-corrected chi connectivity index (χ2v) is 6.64. The highest BCUT2D eigenvalue weighted by molar-refractivity contribution is 6.35. The van der Waals surface area contributed by atoms with E-state index in [9.17, 15) is 0 Å². The Hall–Kier alpha value is -0.240. The van der Waals surface area contributed by atoms with Crippen LogP contribution in [-0.4, -0.2) is 6.04 Å². The molecule has 1 atom stereocenters. The Morgan fingerprint density at radius 1 is 1.11 bits per heavy atom. The summed E-state index contributed by atoms with van der Waals surface area (Å²) in [5.74, 6) is 0.809. The Morgan fingerprint density at radius 3 is 2.42 bits per heavy atom. The summed E-state index contributed by atoms with van der Waals surface area (Å²) in [6.07, 6.45) is 10.2. The van der Waals surface area contributed by atoms with Crippen LogP contribution in [0.2, 0.25) is 10.0 Å². The fourth-order valence-corrected chi connectivity index (χ4v) is 3.57. The lowest BCUT2D eigenvalue weighted by molar-refractivity contribution is 0.387. The van der Waals surface area contributed by atoms with Gasteiger partial charge < -0.3 is 5.73 Å².